The molecule has 0 aliphatic rings. The van der Waals surface area contributed by atoms with Gasteiger partial charge >= 0.3 is 0 Å². The van der Waals surface area contributed by atoms with Crippen LogP contribution in [0.25, 0.3) is 22.3 Å². The minimum absolute atomic E-state index is 0.0136. The minimum atomic E-state index is 0.0136. The number of hydrogen-bond acceptors (Lipinski definition) is 2. The summed E-state index contributed by atoms with van der Waals surface area (Å²) >= 11 is 6.38. The third kappa shape index (κ3) is 3.34. The van der Waals surface area contributed by atoms with Crippen molar-refractivity contribution >= 4 is 11.6 Å². The first-order valence-electron chi connectivity index (χ1n) is 8.05. The van der Waals surface area contributed by atoms with Gasteiger partial charge in [0.05, 0.1) is 0 Å². The Kier molecular flexibility index (Phi) is 4.42. The average molecular weight is 337 g/mol. The van der Waals surface area contributed by atoms with Gasteiger partial charge in [0.1, 0.15) is 0 Å². The van der Waals surface area contributed by atoms with Gasteiger partial charge in [-0.2, -0.15) is 0 Å². The van der Waals surface area contributed by atoms with E-state index < -0.39 is 0 Å². The average Bonchev–Trinajstić information content (AvgIpc) is 2.55. The standard InChI is InChI=1S/C21H21ClN2/c1-14-18(17-7-5-6-8-19(17)22)11-16(13-24-14)15-9-10-23-20(12-15)21(2,3)4/h5-13H,1-4H3. The third-order valence-corrected chi connectivity index (χ3v) is 4.44. The molecular formula is C21H21ClN2. The molecule has 2 aromatic heterocycles. The molecule has 3 heteroatoms. The zero-order valence-electron chi connectivity index (χ0n) is 14.5. The fourth-order valence-corrected chi connectivity index (χ4v) is 2.90. The van der Waals surface area contributed by atoms with Gasteiger partial charge in [0.2, 0.25) is 0 Å². The second kappa shape index (κ2) is 6.37. The normalized spacial score (nSPS) is 11.5. The highest BCUT2D eigenvalue weighted by Gasteiger charge is 2.16. The van der Waals surface area contributed by atoms with Crippen LogP contribution in [0.2, 0.25) is 5.02 Å². The molecule has 0 saturated heterocycles. The van der Waals surface area contributed by atoms with Crippen LogP contribution >= 0.6 is 11.6 Å². The number of aromatic nitrogens is 2. The molecule has 0 unspecified atom stereocenters. The summed E-state index contributed by atoms with van der Waals surface area (Å²) in [6.45, 7) is 8.51. The number of benzene rings is 1. The zero-order chi connectivity index (χ0) is 17.3. The van der Waals surface area contributed by atoms with Crippen molar-refractivity contribution in [1.29, 1.82) is 0 Å². The molecule has 0 atom stereocenters. The van der Waals surface area contributed by atoms with Gasteiger partial charge in [-0.15, -0.1) is 0 Å². The Labute approximate surface area is 148 Å². The Bertz CT molecular complexity index is 879. The molecule has 122 valence electrons. The predicted octanol–water partition coefficient (Wildman–Crippen LogP) is 6.07. The van der Waals surface area contributed by atoms with Crippen LogP contribution < -0.4 is 0 Å². The Morgan fingerprint density at radius 3 is 2.33 bits per heavy atom. The van der Waals surface area contributed by atoms with Crippen molar-refractivity contribution in [3.8, 4) is 22.3 Å². The summed E-state index contributed by atoms with van der Waals surface area (Å²) in [7, 11) is 0. The molecule has 3 aromatic rings. The van der Waals surface area contributed by atoms with E-state index in [2.05, 4.69) is 42.9 Å². The first-order valence-corrected chi connectivity index (χ1v) is 8.42. The molecule has 24 heavy (non-hydrogen) atoms. The van der Waals surface area contributed by atoms with Gasteiger partial charge in [-0.3, -0.25) is 9.97 Å². The molecule has 0 bridgehead atoms. The van der Waals surface area contributed by atoms with E-state index in [1.165, 1.54) is 0 Å². The largest absolute Gasteiger partial charge is 0.261 e. The van der Waals surface area contributed by atoms with E-state index in [4.69, 9.17) is 11.6 Å². The van der Waals surface area contributed by atoms with Crippen LogP contribution in [0.1, 0.15) is 32.2 Å². The van der Waals surface area contributed by atoms with Gasteiger partial charge in [-0.25, -0.2) is 0 Å². The van der Waals surface area contributed by atoms with Crippen LogP contribution in [-0.4, -0.2) is 9.97 Å². The summed E-state index contributed by atoms with van der Waals surface area (Å²) in [5.41, 5.74) is 6.32. The molecule has 0 aliphatic heterocycles. The Morgan fingerprint density at radius 2 is 1.62 bits per heavy atom. The maximum Gasteiger partial charge on any atom is 0.0485 e. The minimum Gasteiger partial charge on any atom is -0.261 e. The highest BCUT2D eigenvalue weighted by molar-refractivity contribution is 6.33. The molecule has 3 rings (SSSR count). The molecular weight excluding hydrogens is 316 g/mol. The van der Waals surface area contributed by atoms with E-state index in [0.717, 1.165) is 38.7 Å². The van der Waals surface area contributed by atoms with Crippen LogP contribution in [0.15, 0.2) is 54.9 Å². The number of rotatable bonds is 2. The van der Waals surface area contributed by atoms with Crippen molar-refractivity contribution in [1.82, 2.24) is 9.97 Å². The van der Waals surface area contributed by atoms with Gasteiger partial charge in [0.15, 0.2) is 0 Å². The van der Waals surface area contributed by atoms with Crippen molar-refractivity contribution in [3.63, 3.8) is 0 Å². The van der Waals surface area contributed by atoms with E-state index in [0.29, 0.717) is 0 Å². The predicted molar refractivity (Wildman–Crippen MR) is 101 cm³/mol. The second-order valence-corrected chi connectivity index (χ2v) is 7.42. The van der Waals surface area contributed by atoms with Crippen molar-refractivity contribution < 1.29 is 0 Å². The van der Waals surface area contributed by atoms with Crippen LogP contribution in [0.3, 0.4) is 0 Å². The Balaban J connectivity index is 2.12. The van der Waals surface area contributed by atoms with E-state index in [1.807, 2.05) is 49.6 Å². The smallest absolute Gasteiger partial charge is 0.0485 e. The molecule has 0 spiro atoms. The molecule has 0 saturated carbocycles. The molecule has 0 fully saturated rings. The van der Waals surface area contributed by atoms with Crippen molar-refractivity contribution in [2.24, 2.45) is 0 Å². The lowest BCUT2D eigenvalue weighted by Gasteiger charge is -2.18. The van der Waals surface area contributed by atoms with Crippen LogP contribution in [0, 0.1) is 6.92 Å². The molecule has 0 radical (unpaired) electrons. The summed E-state index contributed by atoms with van der Waals surface area (Å²) in [4.78, 5) is 9.09. The van der Waals surface area contributed by atoms with E-state index in [-0.39, 0.29) is 5.41 Å². The molecule has 1 aromatic carbocycles. The number of hydrogen-bond donors (Lipinski definition) is 0. The van der Waals surface area contributed by atoms with Crippen LogP contribution in [0.4, 0.5) is 0 Å². The molecule has 0 N–H and O–H groups in total. The topological polar surface area (TPSA) is 25.8 Å². The summed E-state index contributed by atoms with van der Waals surface area (Å²) in [5, 5.41) is 0.740. The van der Waals surface area contributed by atoms with E-state index >= 15 is 0 Å². The van der Waals surface area contributed by atoms with Gasteiger partial charge in [0.25, 0.3) is 0 Å². The summed E-state index contributed by atoms with van der Waals surface area (Å²) in [6, 6.07) is 14.2. The summed E-state index contributed by atoms with van der Waals surface area (Å²) in [5.74, 6) is 0. The van der Waals surface area contributed by atoms with E-state index in [9.17, 15) is 0 Å². The van der Waals surface area contributed by atoms with Gasteiger partial charge in [-0.1, -0.05) is 50.6 Å². The zero-order valence-corrected chi connectivity index (χ0v) is 15.2. The van der Waals surface area contributed by atoms with Gasteiger partial charge < -0.3 is 0 Å². The maximum atomic E-state index is 6.38. The first kappa shape index (κ1) is 16.7. The van der Waals surface area contributed by atoms with Crippen molar-refractivity contribution in [2.45, 2.75) is 33.1 Å². The lowest BCUT2D eigenvalue weighted by Crippen LogP contribution is -2.13. The Hall–Kier alpha value is -2.19. The maximum absolute atomic E-state index is 6.38. The fourth-order valence-electron chi connectivity index (χ4n) is 2.66. The number of pyridine rings is 2. The number of halogens is 1. The SMILES string of the molecule is Cc1ncc(-c2ccnc(C(C)(C)C)c2)cc1-c1ccccc1Cl. The van der Waals surface area contributed by atoms with Crippen LogP contribution in [-0.2, 0) is 5.41 Å². The molecule has 2 nitrogen and oxygen atoms in total. The Morgan fingerprint density at radius 1 is 0.875 bits per heavy atom. The lowest BCUT2D eigenvalue weighted by molar-refractivity contribution is 0.569. The molecule has 2 heterocycles. The van der Waals surface area contributed by atoms with Gasteiger partial charge in [0, 0.05) is 50.9 Å². The lowest BCUT2D eigenvalue weighted by atomic mass is 9.90. The van der Waals surface area contributed by atoms with Crippen molar-refractivity contribution in [2.75, 3.05) is 0 Å². The van der Waals surface area contributed by atoms with Crippen molar-refractivity contribution in [3.05, 3.63) is 71.3 Å². The summed E-state index contributed by atoms with van der Waals surface area (Å²) in [6.07, 6.45) is 3.78. The highest BCUT2D eigenvalue weighted by atomic mass is 35.5. The fraction of sp³-hybridized carbons (Fsp3) is 0.238. The summed E-state index contributed by atoms with van der Waals surface area (Å²) < 4.78 is 0. The quantitative estimate of drug-likeness (QED) is 0.567. The van der Waals surface area contributed by atoms with Gasteiger partial charge in [-0.05, 0) is 36.8 Å². The molecule has 0 amide bonds. The highest BCUT2D eigenvalue weighted by Crippen LogP contribution is 2.33. The number of aryl methyl sites for hydroxylation is 1. The second-order valence-electron chi connectivity index (χ2n) is 7.02. The number of nitrogens with zero attached hydrogens (tertiary/aromatic N) is 2. The third-order valence-electron chi connectivity index (χ3n) is 4.11. The van der Waals surface area contributed by atoms with E-state index in [1.54, 1.807) is 0 Å². The monoisotopic (exact) mass is 336 g/mol. The molecule has 0 aliphatic carbocycles. The first-order chi connectivity index (χ1) is 11.4. The van der Waals surface area contributed by atoms with Crippen LogP contribution in [0.5, 0.6) is 0 Å².